The number of rotatable bonds is 5. The van der Waals surface area contributed by atoms with Gasteiger partial charge in [-0.3, -0.25) is 0 Å². The second-order valence-corrected chi connectivity index (χ2v) is 3.58. The lowest BCUT2D eigenvalue weighted by Gasteiger charge is -2.11. The normalized spacial score (nSPS) is 12.8. The van der Waals surface area contributed by atoms with Gasteiger partial charge in [0.2, 0.25) is 0 Å². The third kappa shape index (κ3) is 3.93. The highest BCUT2D eigenvalue weighted by atomic mass is 19.1. The van der Waals surface area contributed by atoms with E-state index in [1.54, 1.807) is 0 Å². The fourth-order valence-corrected chi connectivity index (χ4v) is 1.26. The second-order valence-electron chi connectivity index (χ2n) is 3.58. The van der Waals surface area contributed by atoms with Crippen molar-refractivity contribution in [2.24, 2.45) is 5.73 Å². The maximum absolute atomic E-state index is 13.2. The fraction of sp³-hybridized carbons (Fsp3) is 0.455. The van der Waals surface area contributed by atoms with Crippen molar-refractivity contribution < 1.29 is 8.78 Å². The van der Waals surface area contributed by atoms with E-state index in [1.165, 1.54) is 12.1 Å². The maximum Gasteiger partial charge on any atom is 0.129 e. The quantitative estimate of drug-likeness (QED) is 0.778. The zero-order chi connectivity index (χ0) is 11.3. The molecule has 0 heterocycles. The van der Waals surface area contributed by atoms with Gasteiger partial charge in [0.15, 0.2) is 0 Å². The van der Waals surface area contributed by atoms with Gasteiger partial charge in [0.1, 0.15) is 11.6 Å². The Kier molecular flexibility index (Phi) is 4.65. The molecule has 1 aromatic rings. The van der Waals surface area contributed by atoms with Crippen molar-refractivity contribution in [3.05, 3.63) is 35.4 Å². The Morgan fingerprint density at radius 3 is 2.73 bits per heavy atom. The van der Waals surface area contributed by atoms with Crippen molar-refractivity contribution in [3.63, 3.8) is 0 Å². The van der Waals surface area contributed by atoms with E-state index in [2.05, 4.69) is 5.32 Å². The van der Waals surface area contributed by atoms with E-state index in [0.717, 1.165) is 6.07 Å². The van der Waals surface area contributed by atoms with E-state index in [4.69, 9.17) is 5.73 Å². The third-order valence-corrected chi connectivity index (χ3v) is 2.26. The molecule has 1 aromatic carbocycles. The van der Waals surface area contributed by atoms with Crippen LogP contribution in [0.25, 0.3) is 0 Å². The molecule has 0 aliphatic heterocycles. The largest absolute Gasteiger partial charge is 0.329 e. The molecule has 0 saturated heterocycles. The van der Waals surface area contributed by atoms with Crippen molar-refractivity contribution in [3.8, 4) is 0 Å². The predicted molar refractivity (Wildman–Crippen MR) is 56.6 cm³/mol. The average Bonchev–Trinajstić information content (AvgIpc) is 2.21. The SMILES string of the molecule is C[C@H](CN)NCCc1ccc(F)cc1F. The van der Waals surface area contributed by atoms with Crippen molar-refractivity contribution in [1.29, 1.82) is 0 Å². The molecule has 0 amide bonds. The molecule has 0 aliphatic carbocycles. The lowest BCUT2D eigenvalue weighted by Crippen LogP contribution is -2.34. The maximum atomic E-state index is 13.2. The van der Waals surface area contributed by atoms with E-state index in [-0.39, 0.29) is 6.04 Å². The topological polar surface area (TPSA) is 38.0 Å². The van der Waals surface area contributed by atoms with Gasteiger partial charge in [0.05, 0.1) is 0 Å². The molecule has 0 saturated carbocycles. The summed E-state index contributed by atoms with van der Waals surface area (Å²) in [6.07, 6.45) is 0.538. The number of hydrogen-bond acceptors (Lipinski definition) is 2. The molecule has 0 unspecified atom stereocenters. The summed E-state index contributed by atoms with van der Waals surface area (Å²) in [6, 6.07) is 3.86. The van der Waals surface area contributed by atoms with Crippen LogP contribution in [0.4, 0.5) is 8.78 Å². The first-order chi connectivity index (χ1) is 7.13. The van der Waals surface area contributed by atoms with Crippen LogP contribution in [0.2, 0.25) is 0 Å². The predicted octanol–water partition coefficient (Wildman–Crippen LogP) is 1.44. The molecule has 15 heavy (non-hydrogen) atoms. The molecule has 0 fully saturated rings. The Balaban J connectivity index is 2.44. The molecule has 1 atom stereocenters. The molecule has 2 nitrogen and oxygen atoms in total. The first kappa shape index (κ1) is 12.1. The van der Waals surface area contributed by atoms with Crippen LogP contribution in [-0.2, 0) is 6.42 Å². The molecular weight excluding hydrogens is 198 g/mol. The highest BCUT2D eigenvalue weighted by Gasteiger charge is 2.04. The zero-order valence-corrected chi connectivity index (χ0v) is 8.76. The highest BCUT2D eigenvalue weighted by molar-refractivity contribution is 5.18. The molecule has 0 bridgehead atoms. The summed E-state index contributed by atoms with van der Waals surface area (Å²) >= 11 is 0. The monoisotopic (exact) mass is 214 g/mol. The summed E-state index contributed by atoms with van der Waals surface area (Å²) in [6.45, 7) is 3.15. The third-order valence-electron chi connectivity index (χ3n) is 2.26. The number of nitrogens with two attached hydrogens (primary N) is 1. The first-order valence-electron chi connectivity index (χ1n) is 5.01. The molecule has 0 aromatic heterocycles. The Bertz CT molecular complexity index is 315. The number of nitrogens with one attached hydrogen (secondary N) is 1. The van der Waals surface area contributed by atoms with Gasteiger partial charge < -0.3 is 11.1 Å². The summed E-state index contributed by atoms with van der Waals surface area (Å²) in [5, 5.41) is 3.14. The molecule has 84 valence electrons. The van der Waals surface area contributed by atoms with E-state index in [0.29, 0.717) is 25.1 Å². The second kappa shape index (κ2) is 5.78. The van der Waals surface area contributed by atoms with Gasteiger partial charge in [0.25, 0.3) is 0 Å². The minimum absolute atomic E-state index is 0.216. The van der Waals surface area contributed by atoms with Gasteiger partial charge in [0, 0.05) is 18.7 Å². The molecule has 3 N–H and O–H groups in total. The van der Waals surface area contributed by atoms with Crippen molar-refractivity contribution in [2.45, 2.75) is 19.4 Å². The van der Waals surface area contributed by atoms with Crippen molar-refractivity contribution in [1.82, 2.24) is 5.32 Å². The lowest BCUT2D eigenvalue weighted by molar-refractivity contribution is 0.540. The molecule has 0 aliphatic rings. The first-order valence-corrected chi connectivity index (χ1v) is 5.01. The van der Waals surface area contributed by atoms with Gasteiger partial charge in [-0.05, 0) is 31.5 Å². The van der Waals surface area contributed by atoms with E-state index in [1.807, 2.05) is 6.92 Å². The van der Waals surface area contributed by atoms with Gasteiger partial charge in [-0.15, -0.1) is 0 Å². The standard InChI is InChI=1S/C11H16F2N2/c1-8(7-14)15-5-4-9-2-3-10(12)6-11(9)13/h2-3,6,8,15H,4-5,7,14H2,1H3/t8-/m1/s1. The lowest BCUT2D eigenvalue weighted by atomic mass is 10.1. The summed E-state index contributed by atoms with van der Waals surface area (Å²) in [5.74, 6) is -1.03. The van der Waals surface area contributed by atoms with E-state index in [9.17, 15) is 8.78 Å². The molecular formula is C11H16F2N2. The van der Waals surface area contributed by atoms with E-state index < -0.39 is 11.6 Å². The highest BCUT2D eigenvalue weighted by Crippen LogP contribution is 2.09. The number of hydrogen-bond donors (Lipinski definition) is 2. The number of halogens is 2. The van der Waals surface area contributed by atoms with Crippen LogP contribution in [0.15, 0.2) is 18.2 Å². The molecule has 1 rings (SSSR count). The molecule has 4 heteroatoms. The van der Waals surface area contributed by atoms with Crippen LogP contribution >= 0.6 is 0 Å². The smallest absolute Gasteiger partial charge is 0.129 e. The van der Waals surface area contributed by atoms with Crippen molar-refractivity contribution >= 4 is 0 Å². The average molecular weight is 214 g/mol. The van der Waals surface area contributed by atoms with Crippen molar-refractivity contribution in [2.75, 3.05) is 13.1 Å². The van der Waals surface area contributed by atoms with Crippen LogP contribution in [-0.4, -0.2) is 19.1 Å². The van der Waals surface area contributed by atoms with Crippen LogP contribution in [0.3, 0.4) is 0 Å². The van der Waals surface area contributed by atoms with Gasteiger partial charge in [-0.2, -0.15) is 0 Å². The minimum atomic E-state index is -0.542. The van der Waals surface area contributed by atoms with Crippen LogP contribution in [0, 0.1) is 11.6 Å². The van der Waals surface area contributed by atoms with Crippen LogP contribution in [0.1, 0.15) is 12.5 Å². The molecule has 0 radical (unpaired) electrons. The van der Waals surface area contributed by atoms with Gasteiger partial charge in [-0.25, -0.2) is 8.78 Å². The Morgan fingerprint density at radius 1 is 1.40 bits per heavy atom. The summed E-state index contributed by atoms with van der Waals surface area (Å²) in [4.78, 5) is 0. The van der Waals surface area contributed by atoms with Gasteiger partial charge >= 0.3 is 0 Å². The Morgan fingerprint density at radius 2 is 2.13 bits per heavy atom. The van der Waals surface area contributed by atoms with Crippen LogP contribution in [0.5, 0.6) is 0 Å². The minimum Gasteiger partial charge on any atom is -0.329 e. The summed E-state index contributed by atoms with van der Waals surface area (Å²) in [5.41, 5.74) is 5.94. The number of benzene rings is 1. The Hall–Kier alpha value is -1.00. The Labute approximate surface area is 88.5 Å². The molecule has 0 spiro atoms. The zero-order valence-electron chi connectivity index (χ0n) is 8.76. The van der Waals surface area contributed by atoms with Crippen LogP contribution < -0.4 is 11.1 Å². The fourth-order valence-electron chi connectivity index (χ4n) is 1.26. The van der Waals surface area contributed by atoms with Gasteiger partial charge in [-0.1, -0.05) is 6.07 Å². The van der Waals surface area contributed by atoms with E-state index >= 15 is 0 Å². The summed E-state index contributed by atoms with van der Waals surface area (Å²) < 4.78 is 25.7. The summed E-state index contributed by atoms with van der Waals surface area (Å²) in [7, 11) is 0.